The third kappa shape index (κ3) is 6.71. The van der Waals surface area contributed by atoms with Gasteiger partial charge in [-0.2, -0.15) is 0 Å². The van der Waals surface area contributed by atoms with Crippen LogP contribution in [-0.4, -0.2) is 43.0 Å². The lowest BCUT2D eigenvalue weighted by Gasteiger charge is -2.14. The van der Waals surface area contributed by atoms with Crippen LogP contribution >= 0.6 is 7.60 Å². The fourth-order valence-corrected chi connectivity index (χ4v) is 3.40. The van der Waals surface area contributed by atoms with Crippen LogP contribution in [0.15, 0.2) is 59.5 Å². The molecule has 1 amide bonds. The zero-order valence-corrected chi connectivity index (χ0v) is 16.3. The molecule has 1 atom stereocenters. The highest BCUT2D eigenvalue weighted by atomic mass is 32.2. The number of nitrogens with two attached hydrogens (primary N) is 1. The molecule has 28 heavy (non-hydrogen) atoms. The number of carbonyl (C=O) groups excluding carboxylic acids is 1. The second-order valence-corrected chi connectivity index (χ2v) is 8.99. The number of nitrogens with one attached hydrogen (secondary N) is 2. The van der Waals surface area contributed by atoms with Crippen molar-refractivity contribution < 1.29 is 32.3 Å². The summed E-state index contributed by atoms with van der Waals surface area (Å²) in [6.45, 7) is -0.553. The molecule has 0 aliphatic rings. The van der Waals surface area contributed by atoms with E-state index in [0.29, 0.717) is 11.5 Å². The molecule has 0 aliphatic carbocycles. The van der Waals surface area contributed by atoms with Crippen LogP contribution in [0.4, 0.5) is 4.79 Å². The summed E-state index contributed by atoms with van der Waals surface area (Å²) in [7, 11) is -8.76. The Morgan fingerprint density at radius 2 is 1.61 bits per heavy atom. The molecule has 2 aromatic rings. The fourth-order valence-electron chi connectivity index (χ4n) is 2.01. The van der Waals surface area contributed by atoms with E-state index in [4.69, 9.17) is 20.3 Å². The maximum absolute atomic E-state index is 12.3. The molecular formula is C16H20N3O7PS. The Balaban J connectivity index is 1.90. The third-order valence-corrected chi connectivity index (χ3v) is 5.56. The zero-order chi connectivity index (χ0) is 20.8. The van der Waals surface area contributed by atoms with Crippen LogP contribution < -0.4 is 20.5 Å². The summed E-state index contributed by atoms with van der Waals surface area (Å²) in [5, 5.41) is 1.95. The van der Waals surface area contributed by atoms with Gasteiger partial charge in [-0.25, -0.2) is 17.7 Å². The number of amides is 1. The van der Waals surface area contributed by atoms with Gasteiger partial charge in [0.1, 0.15) is 11.5 Å². The SMILES string of the molecule is N[C@@H](CNC(=O)P(=O)(O)O)CNS(=O)(=O)c1ccc(Oc2ccccc2)cc1. The Bertz CT molecular complexity index is 946. The number of ether oxygens (including phenoxy) is 1. The third-order valence-electron chi connectivity index (χ3n) is 3.43. The van der Waals surface area contributed by atoms with Crippen molar-refractivity contribution in [2.45, 2.75) is 10.9 Å². The lowest BCUT2D eigenvalue weighted by molar-refractivity contribution is 0.248. The molecule has 2 rings (SSSR count). The summed E-state index contributed by atoms with van der Waals surface area (Å²) in [5.41, 5.74) is 4.17. The van der Waals surface area contributed by atoms with Crippen LogP contribution in [0.3, 0.4) is 0 Å². The summed E-state index contributed by atoms with van der Waals surface area (Å²) in [6, 6.07) is 13.8. The van der Waals surface area contributed by atoms with Gasteiger partial charge in [-0.15, -0.1) is 0 Å². The first-order chi connectivity index (χ1) is 13.1. The Kier molecular flexibility index (Phi) is 7.30. The van der Waals surface area contributed by atoms with Crippen LogP contribution in [0.25, 0.3) is 0 Å². The van der Waals surface area contributed by atoms with Gasteiger partial charge >= 0.3 is 13.2 Å². The maximum atomic E-state index is 12.3. The largest absolute Gasteiger partial charge is 0.457 e. The Morgan fingerprint density at radius 1 is 1.04 bits per heavy atom. The molecular weight excluding hydrogens is 409 g/mol. The normalized spacial score (nSPS) is 13.0. The van der Waals surface area contributed by atoms with Crippen molar-refractivity contribution >= 4 is 23.3 Å². The number of sulfonamides is 1. The van der Waals surface area contributed by atoms with Crippen molar-refractivity contribution in [3.8, 4) is 11.5 Å². The second kappa shape index (κ2) is 9.28. The van der Waals surface area contributed by atoms with E-state index in [-0.39, 0.29) is 18.0 Å². The van der Waals surface area contributed by atoms with Gasteiger partial charge in [0.25, 0.3) is 0 Å². The maximum Gasteiger partial charge on any atom is 0.413 e. The van der Waals surface area contributed by atoms with E-state index in [0.717, 1.165) is 0 Å². The van der Waals surface area contributed by atoms with E-state index in [1.54, 1.807) is 12.1 Å². The first-order valence-electron chi connectivity index (χ1n) is 8.00. The van der Waals surface area contributed by atoms with Gasteiger partial charge in [-0.1, -0.05) is 18.2 Å². The van der Waals surface area contributed by atoms with Crippen molar-refractivity contribution in [1.29, 1.82) is 0 Å². The predicted molar refractivity (Wildman–Crippen MR) is 102 cm³/mol. The molecule has 0 fully saturated rings. The van der Waals surface area contributed by atoms with E-state index < -0.39 is 29.3 Å². The molecule has 12 heteroatoms. The molecule has 152 valence electrons. The minimum Gasteiger partial charge on any atom is -0.457 e. The standard InChI is InChI=1S/C16H20N3O7PS/c17-12(10-18-16(20)27(21,22)23)11-19-28(24,25)15-8-6-14(7-9-15)26-13-4-2-1-3-5-13/h1-9,12,19H,10-11,17H2,(H,18,20)(H2,21,22,23)/t12-/m0/s1. The van der Waals surface area contributed by atoms with Gasteiger partial charge in [0.2, 0.25) is 10.0 Å². The van der Waals surface area contributed by atoms with Crippen LogP contribution in [0.1, 0.15) is 0 Å². The summed E-state index contributed by atoms with van der Waals surface area (Å²) >= 11 is 0. The minimum atomic E-state index is -4.90. The first-order valence-corrected chi connectivity index (χ1v) is 11.1. The molecule has 2 aromatic carbocycles. The van der Waals surface area contributed by atoms with Crippen molar-refractivity contribution in [3.63, 3.8) is 0 Å². The van der Waals surface area contributed by atoms with Gasteiger partial charge in [0, 0.05) is 19.1 Å². The molecule has 0 saturated heterocycles. The fraction of sp³-hybridized carbons (Fsp3) is 0.188. The highest BCUT2D eigenvalue weighted by molar-refractivity contribution is 7.89. The lowest BCUT2D eigenvalue weighted by atomic mass is 10.3. The molecule has 10 nitrogen and oxygen atoms in total. The Hall–Kier alpha value is -2.27. The molecule has 0 saturated carbocycles. The highest BCUT2D eigenvalue weighted by Crippen LogP contribution is 2.34. The Morgan fingerprint density at radius 3 is 2.18 bits per heavy atom. The predicted octanol–water partition coefficient (Wildman–Crippen LogP) is 0.972. The Labute approximate surface area is 161 Å². The summed E-state index contributed by atoms with van der Waals surface area (Å²) in [5.74, 6) is 1.07. The van der Waals surface area contributed by atoms with Crippen molar-refractivity contribution in [3.05, 3.63) is 54.6 Å². The van der Waals surface area contributed by atoms with Gasteiger partial charge < -0.3 is 25.6 Å². The summed E-state index contributed by atoms with van der Waals surface area (Å²) in [4.78, 5) is 28.4. The van der Waals surface area contributed by atoms with E-state index >= 15 is 0 Å². The van der Waals surface area contributed by atoms with Crippen LogP contribution in [0, 0.1) is 0 Å². The minimum absolute atomic E-state index is 0.0145. The lowest BCUT2D eigenvalue weighted by Crippen LogP contribution is -2.44. The van der Waals surface area contributed by atoms with Gasteiger partial charge in [-0.05, 0) is 36.4 Å². The molecule has 0 radical (unpaired) electrons. The van der Waals surface area contributed by atoms with E-state index in [1.807, 2.05) is 23.5 Å². The quantitative estimate of drug-likeness (QED) is 0.367. The van der Waals surface area contributed by atoms with Crippen LogP contribution in [-0.2, 0) is 14.6 Å². The summed E-state index contributed by atoms with van der Waals surface area (Å²) in [6.07, 6.45) is 0. The van der Waals surface area contributed by atoms with Gasteiger partial charge in [-0.3, -0.25) is 4.79 Å². The van der Waals surface area contributed by atoms with Gasteiger partial charge in [0.15, 0.2) is 0 Å². The molecule has 0 unspecified atom stereocenters. The molecule has 0 aromatic heterocycles. The number of hydrogen-bond acceptors (Lipinski definition) is 6. The number of rotatable bonds is 9. The van der Waals surface area contributed by atoms with E-state index in [2.05, 4.69) is 4.72 Å². The number of benzene rings is 2. The van der Waals surface area contributed by atoms with Crippen molar-refractivity contribution in [2.24, 2.45) is 5.73 Å². The van der Waals surface area contributed by atoms with Crippen LogP contribution in [0.5, 0.6) is 11.5 Å². The smallest absolute Gasteiger partial charge is 0.413 e. The van der Waals surface area contributed by atoms with Crippen LogP contribution in [0.2, 0.25) is 0 Å². The van der Waals surface area contributed by atoms with Crippen molar-refractivity contribution in [1.82, 2.24) is 10.0 Å². The summed E-state index contributed by atoms with van der Waals surface area (Å²) < 4.78 is 43.1. The molecule has 0 aliphatic heterocycles. The number of para-hydroxylation sites is 1. The van der Waals surface area contributed by atoms with E-state index in [9.17, 15) is 17.8 Å². The topological polar surface area (TPSA) is 168 Å². The first kappa shape index (κ1) is 22.0. The average molecular weight is 429 g/mol. The second-order valence-electron chi connectivity index (χ2n) is 5.73. The molecule has 0 bridgehead atoms. The monoisotopic (exact) mass is 429 g/mol. The average Bonchev–Trinajstić information content (AvgIpc) is 2.65. The van der Waals surface area contributed by atoms with Gasteiger partial charge in [0.05, 0.1) is 4.90 Å². The molecule has 0 heterocycles. The zero-order valence-electron chi connectivity index (χ0n) is 14.6. The number of hydrogen-bond donors (Lipinski definition) is 5. The number of carbonyl (C=O) groups is 1. The molecule has 0 spiro atoms. The molecule has 6 N–H and O–H groups in total. The highest BCUT2D eigenvalue weighted by Gasteiger charge is 2.25. The van der Waals surface area contributed by atoms with E-state index in [1.165, 1.54) is 24.3 Å². The van der Waals surface area contributed by atoms with Crippen molar-refractivity contribution in [2.75, 3.05) is 13.1 Å².